The third-order valence-electron chi connectivity index (χ3n) is 5.14. The van der Waals surface area contributed by atoms with E-state index in [-0.39, 0.29) is 17.5 Å². The zero-order valence-electron chi connectivity index (χ0n) is 9.88. The van der Waals surface area contributed by atoms with Crippen LogP contribution in [0.5, 0.6) is 0 Å². The van der Waals surface area contributed by atoms with Gasteiger partial charge in [0.2, 0.25) is 0 Å². The van der Waals surface area contributed by atoms with Crippen LogP contribution in [0.25, 0.3) is 0 Å². The van der Waals surface area contributed by atoms with E-state index in [0.29, 0.717) is 11.3 Å². The maximum Gasteiger partial charge on any atom is 0.330 e. The minimum atomic E-state index is -0.274. The first-order chi connectivity index (χ1) is 6.91. The molecule has 1 unspecified atom stereocenters. The maximum absolute atomic E-state index is 11.3. The van der Waals surface area contributed by atoms with E-state index in [2.05, 4.69) is 27.4 Å². The van der Waals surface area contributed by atoms with E-state index in [1.54, 1.807) is 0 Å². The summed E-state index contributed by atoms with van der Waals surface area (Å²) >= 11 is 0. The van der Waals surface area contributed by atoms with Crippen LogP contribution in [-0.4, -0.2) is 12.1 Å². The molecule has 0 amide bonds. The molecule has 2 rings (SSSR count). The molecule has 0 saturated heterocycles. The normalized spacial score (nSPS) is 41.5. The van der Waals surface area contributed by atoms with E-state index in [9.17, 15) is 4.79 Å². The Morgan fingerprint density at radius 1 is 1.47 bits per heavy atom. The van der Waals surface area contributed by atoms with E-state index in [0.717, 1.165) is 6.42 Å². The summed E-state index contributed by atoms with van der Waals surface area (Å²) in [5.74, 6) is 0.440. The summed E-state index contributed by atoms with van der Waals surface area (Å²) in [6, 6.07) is 0. The van der Waals surface area contributed by atoms with Crippen molar-refractivity contribution in [2.45, 2.75) is 46.1 Å². The molecule has 2 aliphatic carbocycles. The Kier molecular flexibility index (Phi) is 2.21. The molecular weight excluding hydrogens is 188 g/mol. The summed E-state index contributed by atoms with van der Waals surface area (Å²) in [5, 5.41) is 0. The summed E-state index contributed by atoms with van der Waals surface area (Å²) < 4.78 is 5.48. The summed E-state index contributed by atoms with van der Waals surface area (Å²) in [5.41, 5.74) is 0.468. The highest BCUT2D eigenvalue weighted by molar-refractivity contribution is 5.81. The highest BCUT2D eigenvalue weighted by Gasteiger charge is 2.62. The van der Waals surface area contributed by atoms with Crippen molar-refractivity contribution < 1.29 is 9.53 Å². The standard InChI is InChI=1S/C13H20O2/c1-5-11(14)15-10-8-9-6-7-13(10,4)12(9,2)3/h5,9-10H,1,6-8H2,2-4H3/t9-,10?,13-/m1/s1. The molecule has 0 radical (unpaired) electrons. The fourth-order valence-corrected chi connectivity index (χ4v) is 3.50. The van der Waals surface area contributed by atoms with E-state index < -0.39 is 0 Å². The van der Waals surface area contributed by atoms with Crippen molar-refractivity contribution in [3.8, 4) is 0 Å². The fourth-order valence-electron chi connectivity index (χ4n) is 3.50. The molecule has 3 atom stereocenters. The highest BCUT2D eigenvalue weighted by Crippen LogP contribution is 2.66. The zero-order valence-corrected chi connectivity index (χ0v) is 9.88. The van der Waals surface area contributed by atoms with E-state index >= 15 is 0 Å². The second-order valence-corrected chi connectivity index (χ2v) is 5.74. The van der Waals surface area contributed by atoms with Crippen LogP contribution in [0.15, 0.2) is 12.7 Å². The third kappa shape index (κ3) is 1.27. The lowest BCUT2D eigenvalue weighted by molar-refractivity contribution is -0.150. The number of fused-ring (bicyclic) bond motifs is 2. The Hall–Kier alpha value is -0.790. The Balaban J connectivity index is 2.19. The van der Waals surface area contributed by atoms with Crippen LogP contribution in [0.2, 0.25) is 0 Å². The number of rotatable bonds is 2. The van der Waals surface area contributed by atoms with Crippen LogP contribution in [0, 0.1) is 16.7 Å². The van der Waals surface area contributed by atoms with Gasteiger partial charge in [-0.1, -0.05) is 27.4 Å². The Morgan fingerprint density at radius 2 is 2.13 bits per heavy atom. The van der Waals surface area contributed by atoms with Gasteiger partial charge in [0, 0.05) is 11.5 Å². The number of carbonyl (C=O) groups is 1. The lowest BCUT2D eigenvalue weighted by Gasteiger charge is -2.38. The molecule has 0 N–H and O–H groups in total. The lowest BCUT2D eigenvalue weighted by Crippen LogP contribution is -2.38. The van der Waals surface area contributed by atoms with Crippen molar-refractivity contribution in [2.75, 3.05) is 0 Å². The monoisotopic (exact) mass is 208 g/mol. The minimum Gasteiger partial charge on any atom is -0.459 e. The molecule has 0 aromatic rings. The summed E-state index contributed by atoms with van der Waals surface area (Å²) in [6.45, 7) is 10.3. The molecule has 2 nitrogen and oxygen atoms in total. The summed E-state index contributed by atoms with van der Waals surface area (Å²) in [4.78, 5) is 11.3. The van der Waals surface area contributed by atoms with Crippen LogP contribution < -0.4 is 0 Å². The first-order valence-corrected chi connectivity index (χ1v) is 5.75. The maximum atomic E-state index is 11.3. The average Bonchev–Trinajstić information content (AvgIpc) is 2.50. The number of hydrogen-bond acceptors (Lipinski definition) is 2. The van der Waals surface area contributed by atoms with Gasteiger partial charge in [0.15, 0.2) is 0 Å². The zero-order chi connectivity index (χ0) is 11.3. The van der Waals surface area contributed by atoms with Gasteiger partial charge in [-0.25, -0.2) is 4.79 Å². The molecule has 2 fully saturated rings. The molecule has 84 valence electrons. The number of ether oxygens (including phenoxy) is 1. The van der Waals surface area contributed by atoms with Crippen LogP contribution in [-0.2, 0) is 9.53 Å². The second-order valence-electron chi connectivity index (χ2n) is 5.74. The first kappa shape index (κ1) is 10.7. The van der Waals surface area contributed by atoms with Gasteiger partial charge < -0.3 is 4.74 Å². The Bertz CT molecular complexity index is 306. The molecule has 0 aliphatic heterocycles. The van der Waals surface area contributed by atoms with Gasteiger partial charge in [0.25, 0.3) is 0 Å². The predicted octanol–water partition coefficient (Wildman–Crippen LogP) is 2.93. The largest absolute Gasteiger partial charge is 0.459 e. The predicted molar refractivity (Wildman–Crippen MR) is 59.3 cm³/mol. The Morgan fingerprint density at radius 3 is 2.53 bits per heavy atom. The number of hydrogen-bond donors (Lipinski definition) is 0. The molecule has 0 heterocycles. The molecule has 2 aliphatic rings. The molecule has 2 heteroatoms. The van der Waals surface area contributed by atoms with Crippen molar-refractivity contribution in [1.29, 1.82) is 0 Å². The molecule has 2 bridgehead atoms. The lowest BCUT2D eigenvalue weighted by atomic mass is 9.70. The Labute approximate surface area is 91.7 Å². The third-order valence-corrected chi connectivity index (χ3v) is 5.14. The average molecular weight is 208 g/mol. The van der Waals surface area contributed by atoms with Gasteiger partial charge in [-0.15, -0.1) is 0 Å². The van der Waals surface area contributed by atoms with Crippen molar-refractivity contribution >= 4 is 5.97 Å². The molecule has 0 spiro atoms. The quantitative estimate of drug-likeness (QED) is 0.515. The van der Waals surface area contributed by atoms with Gasteiger partial charge in [-0.2, -0.15) is 0 Å². The van der Waals surface area contributed by atoms with Crippen molar-refractivity contribution in [1.82, 2.24) is 0 Å². The van der Waals surface area contributed by atoms with Crippen LogP contribution in [0.1, 0.15) is 40.0 Å². The fraction of sp³-hybridized carbons (Fsp3) is 0.769. The summed E-state index contributed by atoms with van der Waals surface area (Å²) in [6.07, 6.45) is 4.85. The van der Waals surface area contributed by atoms with Crippen LogP contribution >= 0.6 is 0 Å². The highest BCUT2D eigenvalue weighted by atomic mass is 16.5. The summed E-state index contributed by atoms with van der Waals surface area (Å²) in [7, 11) is 0. The van der Waals surface area contributed by atoms with Crippen LogP contribution in [0.4, 0.5) is 0 Å². The molecule has 0 aromatic carbocycles. The van der Waals surface area contributed by atoms with Gasteiger partial charge in [0.1, 0.15) is 6.10 Å². The number of carbonyl (C=O) groups excluding carboxylic acids is 1. The SMILES string of the molecule is C=CC(=O)OC1C[C@H]2CC[C@@]1(C)C2(C)C. The topological polar surface area (TPSA) is 26.3 Å². The van der Waals surface area contributed by atoms with Gasteiger partial charge in [-0.3, -0.25) is 0 Å². The number of esters is 1. The van der Waals surface area contributed by atoms with E-state index in [1.165, 1.54) is 18.9 Å². The van der Waals surface area contributed by atoms with Crippen molar-refractivity contribution in [2.24, 2.45) is 16.7 Å². The van der Waals surface area contributed by atoms with E-state index in [4.69, 9.17) is 4.74 Å². The van der Waals surface area contributed by atoms with Gasteiger partial charge >= 0.3 is 5.97 Å². The molecule has 0 aromatic heterocycles. The molecule has 2 saturated carbocycles. The molecule has 15 heavy (non-hydrogen) atoms. The van der Waals surface area contributed by atoms with Gasteiger partial charge in [0.05, 0.1) is 0 Å². The van der Waals surface area contributed by atoms with E-state index in [1.807, 2.05) is 0 Å². The van der Waals surface area contributed by atoms with Crippen molar-refractivity contribution in [3.63, 3.8) is 0 Å². The smallest absolute Gasteiger partial charge is 0.330 e. The van der Waals surface area contributed by atoms with Crippen LogP contribution in [0.3, 0.4) is 0 Å². The second kappa shape index (κ2) is 3.10. The van der Waals surface area contributed by atoms with Crippen molar-refractivity contribution in [3.05, 3.63) is 12.7 Å². The molecular formula is C13H20O2. The van der Waals surface area contributed by atoms with Gasteiger partial charge in [-0.05, 0) is 30.6 Å². The first-order valence-electron chi connectivity index (χ1n) is 5.75. The minimum absolute atomic E-state index is 0.0942.